The number of hydrogen-bond acceptors (Lipinski definition) is 5. The molecule has 0 unspecified atom stereocenters. The van der Waals surface area contributed by atoms with Gasteiger partial charge in [-0.2, -0.15) is 0 Å². The van der Waals surface area contributed by atoms with Crippen LogP contribution in [0, 0.1) is 13.8 Å². The Bertz CT molecular complexity index is 836. The molecule has 1 aromatic heterocycles. The van der Waals surface area contributed by atoms with Gasteiger partial charge in [-0.1, -0.05) is 18.2 Å². The standard InChI is InChI=1S/C21H25NO4S/c1-4-25-21(24)18-15-10-5-6-11-16(15)27-20(18)22-17(23)12-26-19-13(2)8-7-9-14(19)3/h7-9H,4-6,10-12H2,1-3H3,(H,22,23). The fourth-order valence-electron chi connectivity index (χ4n) is 3.40. The maximum absolute atomic E-state index is 12.5. The molecule has 1 heterocycles. The van der Waals surface area contributed by atoms with E-state index in [-0.39, 0.29) is 18.5 Å². The van der Waals surface area contributed by atoms with Crippen LogP contribution in [0.2, 0.25) is 0 Å². The van der Waals surface area contributed by atoms with Gasteiger partial charge in [0.25, 0.3) is 5.91 Å². The number of fused-ring (bicyclic) bond motifs is 1. The van der Waals surface area contributed by atoms with Crippen LogP contribution in [0.5, 0.6) is 5.75 Å². The minimum Gasteiger partial charge on any atom is -0.483 e. The van der Waals surface area contributed by atoms with Crippen LogP contribution >= 0.6 is 11.3 Å². The van der Waals surface area contributed by atoms with E-state index in [1.54, 1.807) is 6.92 Å². The van der Waals surface area contributed by atoms with E-state index in [0.29, 0.717) is 17.2 Å². The van der Waals surface area contributed by atoms with E-state index in [1.807, 2.05) is 32.0 Å². The highest BCUT2D eigenvalue weighted by Gasteiger charge is 2.27. The average Bonchev–Trinajstić information content (AvgIpc) is 2.99. The number of benzene rings is 1. The van der Waals surface area contributed by atoms with Crippen LogP contribution in [0.1, 0.15) is 51.7 Å². The Kier molecular flexibility index (Phi) is 6.16. The summed E-state index contributed by atoms with van der Waals surface area (Å²) in [6.45, 7) is 5.90. The molecule has 3 rings (SSSR count). The normalized spacial score (nSPS) is 13.0. The topological polar surface area (TPSA) is 64.6 Å². The van der Waals surface area contributed by atoms with Crippen LogP contribution in [0.3, 0.4) is 0 Å². The highest BCUT2D eigenvalue weighted by atomic mass is 32.1. The molecule has 5 nitrogen and oxygen atoms in total. The summed E-state index contributed by atoms with van der Waals surface area (Å²) in [4.78, 5) is 26.1. The summed E-state index contributed by atoms with van der Waals surface area (Å²) in [6, 6.07) is 5.86. The third kappa shape index (κ3) is 4.33. The van der Waals surface area contributed by atoms with Gasteiger partial charge in [0, 0.05) is 4.88 Å². The monoisotopic (exact) mass is 387 g/mol. The lowest BCUT2D eigenvalue weighted by Crippen LogP contribution is -2.22. The van der Waals surface area contributed by atoms with Crippen LogP contribution in [0.15, 0.2) is 18.2 Å². The molecule has 1 amide bonds. The number of ether oxygens (including phenoxy) is 2. The number of nitrogens with one attached hydrogen (secondary N) is 1. The second-order valence-electron chi connectivity index (χ2n) is 6.69. The lowest BCUT2D eigenvalue weighted by Gasteiger charge is -2.13. The molecule has 0 spiro atoms. The molecule has 1 aliphatic carbocycles. The van der Waals surface area contributed by atoms with E-state index in [9.17, 15) is 9.59 Å². The summed E-state index contributed by atoms with van der Waals surface area (Å²) < 4.78 is 10.9. The van der Waals surface area contributed by atoms with Crippen molar-refractivity contribution in [1.29, 1.82) is 0 Å². The molecule has 27 heavy (non-hydrogen) atoms. The summed E-state index contributed by atoms with van der Waals surface area (Å²) in [6.07, 6.45) is 3.97. The molecule has 1 aromatic carbocycles. The van der Waals surface area contributed by atoms with Crippen molar-refractivity contribution in [2.45, 2.75) is 46.5 Å². The minimum atomic E-state index is -0.358. The predicted octanol–water partition coefficient (Wildman–Crippen LogP) is 4.44. The molecule has 0 fully saturated rings. The van der Waals surface area contributed by atoms with Crippen molar-refractivity contribution >= 4 is 28.2 Å². The van der Waals surface area contributed by atoms with Gasteiger partial charge in [0.2, 0.25) is 0 Å². The first kappa shape index (κ1) is 19.4. The van der Waals surface area contributed by atoms with Gasteiger partial charge in [0.15, 0.2) is 6.61 Å². The third-order valence-corrected chi connectivity index (χ3v) is 5.87. The van der Waals surface area contributed by atoms with Crippen LogP contribution < -0.4 is 10.1 Å². The number of carbonyl (C=O) groups is 2. The van der Waals surface area contributed by atoms with E-state index >= 15 is 0 Å². The van der Waals surface area contributed by atoms with Gasteiger partial charge in [0.05, 0.1) is 12.2 Å². The zero-order valence-corrected chi connectivity index (χ0v) is 16.8. The van der Waals surface area contributed by atoms with Gasteiger partial charge >= 0.3 is 5.97 Å². The minimum absolute atomic E-state index is 0.101. The van der Waals surface area contributed by atoms with Gasteiger partial charge in [-0.15, -0.1) is 11.3 Å². The Labute approximate surface area is 163 Å². The molecule has 2 aromatic rings. The van der Waals surface area contributed by atoms with Gasteiger partial charge in [-0.25, -0.2) is 4.79 Å². The second-order valence-corrected chi connectivity index (χ2v) is 7.80. The molecule has 1 N–H and O–H groups in total. The first-order valence-electron chi connectivity index (χ1n) is 9.31. The summed E-state index contributed by atoms with van der Waals surface area (Å²) >= 11 is 1.48. The number of aryl methyl sites for hydroxylation is 3. The molecule has 1 aliphatic rings. The maximum atomic E-state index is 12.5. The fraction of sp³-hybridized carbons (Fsp3) is 0.429. The lowest BCUT2D eigenvalue weighted by molar-refractivity contribution is -0.118. The van der Waals surface area contributed by atoms with Gasteiger partial charge in [-0.3, -0.25) is 4.79 Å². The van der Waals surface area contributed by atoms with Crippen molar-refractivity contribution in [3.63, 3.8) is 0 Å². The number of carbonyl (C=O) groups excluding carboxylic acids is 2. The first-order valence-corrected chi connectivity index (χ1v) is 10.1. The number of thiophene rings is 1. The molecule has 0 bridgehead atoms. The number of hydrogen-bond donors (Lipinski definition) is 1. The zero-order chi connectivity index (χ0) is 19.4. The highest BCUT2D eigenvalue weighted by Crippen LogP contribution is 2.38. The van der Waals surface area contributed by atoms with Crippen molar-refractivity contribution in [3.8, 4) is 5.75 Å². The van der Waals surface area contributed by atoms with E-state index in [0.717, 1.165) is 48.1 Å². The van der Waals surface area contributed by atoms with E-state index in [4.69, 9.17) is 9.47 Å². The number of para-hydroxylation sites is 1. The Morgan fingerprint density at radius 1 is 1.15 bits per heavy atom. The molecule has 0 saturated heterocycles. The zero-order valence-electron chi connectivity index (χ0n) is 16.0. The van der Waals surface area contributed by atoms with Gasteiger partial charge < -0.3 is 14.8 Å². The largest absolute Gasteiger partial charge is 0.483 e. The average molecular weight is 388 g/mol. The van der Waals surface area contributed by atoms with Gasteiger partial charge in [0.1, 0.15) is 10.8 Å². The molecule has 144 valence electrons. The molecular formula is C21H25NO4S. The summed E-state index contributed by atoms with van der Waals surface area (Å²) in [5.74, 6) is 0.0911. The number of esters is 1. The summed E-state index contributed by atoms with van der Waals surface area (Å²) in [5, 5.41) is 3.45. The van der Waals surface area contributed by atoms with Crippen molar-refractivity contribution < 1.29 is 19.1 Å². The molecule has 0 atom stereocenters. The van der Waals surface area contributed by atoms with Crippen molar-refractivity contribution in [3.05, 3.63) is 45.3 Å². The predicted molar refractivity (Wildman–Crippen MR) is 107 cm³/mol. The number of amides is 1. The van der Waals surface area contributed by atoms with Crippen LogP contribution in [0.25, 0.3) is 0 Å². The van der Waals surface area contributed by atoms with Crippen molar-refractivity contribution in [1.82, 2.24) is 0 Å². The third-order valence-electron chi connectivity index (χ3n) is 4.66. The van der Waals surface area contributed by atoms with E-state index in [2.05, 4.69) is 5.32 Å². The summed E-state index contributed by atoms with van der Waals surface area (Å²) in [7, 11) is 0. The molecule has 0 saturated carbocycles. The van der Waals surface area contributed by atoms with E-state index < -0.39 is 0 Å². The molecule has 0 aliphatic heterocycles. The smallest absolute Gasteiger partial charge is 0.341 e. The molecule has 0 radical (unpaired) electrons. The summed E-state index contributed by atoms with van der Waals surface area (Å²) in [5.41, 5.74) is 3.54. The Balaban J connectivity index is 1.75. The number of rotatable bonds is 6. The van der Waals surface area contributed by atoms with Crippen molar-refractivity contribution in [2.75, 3.05) is 18.5 Å². The lowest BCUT2D eigenvalue weighted by atomic mass is 9.95. The number of anilines is 1. The Morgan fingerprint density at radius 3 is 2.56 bits per heavy atom. The Hall–Kier alpha value is -2.34. The first-order chi connectivity index (χ1) is 13.0. The van der Waals surface area contributed by atoms with Crippen LogP contribution in [0.4, 0.5) is 5.00 Å². The van der Waals surface area contributed by atoms with Gasteiger partial charge in [-0.05, 0) is 63.1 Å². The van der Waals surface area contributed by atoms with Crippen molar-refractivity contribution in [2.24, 2.45) is 0 Å². The van der Waals surface area contributed by atoms with E-state index in [1.165, 1.54) is 16.2 Å². The molecule has 6 heteroatoms. The second kappa shape index (κ2) is 8.57. The van der Waals surface area contributed by atoms with Crippen LogP contribution in [-0.4, -0.2) is 25.1 Å². The highest BCUT2D eigenvalue weighted by molar-refractivity contribution is 7.17. The van der Waals surface area contributed by atoms with Crippen LogP contribution in [-0.2, 0) is 22.4 Å². The molecular weight excluding hydrogens is 362 g/mol. The quantitative estimate of drug-likeness (QED) is 0.745. The Morgan fingerprint density at radius 2 is 1.85 bits per heavy atom. The maximum Gasteiger partial charge on any atom is 0.341 e. The SMILES string of the molecule is CCOC(=O)c1c(NC(=O)COc2c(C)cccc2C)sc2c1CCCC2. The fourth-order valence-corrected chi connectivity index (χ4v) is 4.69.